The number of aromatic nitrogens is 4. The lowest BCUT2D eigenvalue weighted by Crippen LogP contribution is -2.08. The van der Waals surface area contributed by atoms with Gasteiger partial charge in [0.2, 0.25) is 0 Å². The smallest absolute Gasteiger partial charge is 0.164 e. The molecule has 5 nitrogen and oxygen atoms in total. The van der Waals surface area contributed by atoms with Crippen LogP contribution in [0.3, 0.4) is 0 Å². The SMILES string of the molecule is Cc1nnc(-c2ccnc(N)c2)n1C1CCCC1. The lowest BCUT2D eigenvalue weighted by molar-refractivity contribution is 0.510. The number of hydrogen-bond acceptors (Lipinski definition) is 4. The van der Waals surface area contributed by atoms with Crippen molar-refractivity contribution in [1.82, 2.24) is 19.7 Å². The summed E-state index contributed by atoms with van der Waals surface area (Å²) in [7, 11) is 0. The van der Waals surface area contributed by atoms with Crippen molar-refractivity contribution in [3.63, 3.8) is 0 Å². The van der Waals surface area contributed by atoms with Crippen molar-refractivity contribution < 1.29 is 0 Å². The lowest BCUT2D eigenvalue weighted by Gasteiger charge is -2.15. The van der Waals surface area contributed by atoms with Gasteiger partial charge in [0.1, 0.15) is 11.6 Å². The number of anilines is 1. The largest absolute Gasteiger partial charge is 0.384 e. The van der Waals surface area contributed by atoms with Crippen LogP contribution in [0.25, 0.3) is 11.4 Å². The Kier molecular flexibility index (Phi) is 2.74. The molecule has 2 heterocycles. The van der Waals surface area contributed by atoms with Crippen LogP contribution in [0.2, 0.25) is 0 Å². The molecular formula is C13H17N5. The first-order chi connectivity index (χ1) is 8.75. The topological polar surface area (TPSA) is 69.6 Å². The molecule has 0 aromatic carbocycles. The number of rotatable bonds is 2. The molecule has 94 valence electrons. The molecule has 18 heavy (non-hydrogen) atoms. The highest BCUT2D eigenvalue weighted by molar-refractivity contribution is 5.58. The number of nitrogens with zero attached hydrogens (tertiary/aromatic N) is 4. The van der Waals surface area contributed by atoms with Crippen molar-refractivity contribution in [2.45, 2.75) is 38.6 Å². The summed E-state index contributed by atoms with van der Waals surface area (Å²) in [5.74, 6) is 2.41. The first-order valence-corrected chi connectivity index (χ1v) is 6.39. The van der Waals surface area contributed by atoms with E-state index in [9.17, 15) is 0 Å². The third-order valence-corrected chi connectivity index (χ3v) is 3.60. The maximum Gasteiger partial charge on any atom is 0.164 e. The van der Waals surface area contributed by atoms with Gasteiger partial charge in [-0.25, -0.2) is 4.98 Å². The fourth-order valence-electron chi connectivity index (χ4n) is 2.75. The van der Waals surface area contributed by atoms with Gasteiger partial charge in [0, 0.05) is 17.8 Å². The second kappa shape index (κ2) is 4.40. The summed E-state index contributed by atoms with van der Waals surface area (Å²) in [6, 6.07) is 4.32. The Hall–Kier alpha value is -1.91. The van der Waals surface area contributed by atoms with Crippen LogP contribution in [0.1, 0.15) is 37.5 Å². The van der Waals surface area contributed by atoms with Gasteiger partial charge in [0.05, 0.1) is 0 Å². The average molecular weight is 243 g/mol. The van der Waals surface area contributed by atoms with Crippen LogP contribution >= 0.6 is 0 Å². The molecule has 0 spiro atoms. The summed E-state index contributed by atoms with van der Waals surface area (Å²) in [4.78, 5) is 4.02. The van der Waals surface area contributed by atoms with Crippen LogP contribution in [-0.2, 0) is 0 Å². The molecule has 0 radical (unpaired) electrons. The molecule has 0 amide bonds. The van der Waals surface area contributed by atoms with E-state index in [0.717, 1.165) is 17.2 Å². The van der Waals surface area contributed by atoms with Gasteiger partial charge in [-0.15, -0.1) is 10.2 Å². The third kappa shape index (κ3) is 1.85. The molecule has 0 unspecified atom stereocenters. The van der Waals surface area contributed by atoms with Crippen LogP contribution in [0.15, 0.2) is 18.3 Å². The highest BCUT2D eigenvalue weighted by Crippen LogP contribution is 2.33. The molecule has 0 aliphatic heterocycles. The Morgan fingerprint density at radius 2 is 2.06 bits per heavy atom. The van der Waals surface area contributed by atoms with Crippen molar-refractivity contribution in [2.24, 2.45) is 0 Å². The predicted molar refractivity (Wildman–Crippen MR) is 69.9 cm³/mol. The minimum Gasteiger partial charge on any atom is -0.384 e. The van der Waals surface area contributed by atoms with Crippen LogP contribution in [0.4, 0.5) is 5.82 Å². The molecule has 1 saturated carbocycles. The van der Waals surface area contributed by atoms with Gasteiger partial charge < -0.3 is 10.3 Å². The zero-order chi connectivity index (χ0) is 12.5. The van der Waals surface area contributed by atoms with Gasteiger partial charge in [-0.3, -0.25) is 0 Å². The summed E-state index contributed by atoms with van der Waals surface area (Å²) in [5.41, 5.74) is 6.73. The second-order valence-electron chi connectivity index (χ2n) is 4.85. The lowest BCUT2D eigenvalue weighted by atomic mass is 10.2. The van der Waals surface area contributed by atoms with Crippen LogP contribution in [0, 0.1) is 6.92 Å². The van der Waals surface area contributed by atoms with E-state index in [-0.39, 0.29) is 0 Å². The van der Waals surface area contributed by atoms with E-state index in [0.29, 0.717) is 11.9 Å². The van der Waals surface area contributed by atoms with E-state index in [1.54, 1.807) is 6.20 Å². The average Bonchev–Trinajstić information content (AvgIpc) is 2.97. The van der Waals surface area contributed by atoms with Gasteiger partial charge >= 0.3 is 0 Å². The molecule has 2 aromatic heterocycles. The second-order valence-corrected chi connectivity index (χ2v) is 4.85. The number of aryl methyl sites for hydroxylation is 1. The minimum atomic E-state index is 0.520. The van der Waals surface area contributed by atoms with E-state index < -0.39 is 0 Å². The standard InChI is InChI=1S/C13H17N5/c1-9-16-17-13(10-6-7-15-12(14)8-10)18(9)11-4-2-3-5-11/h6-8,11H,2-5H2,1H3,(H2,14,15). The Bertz CT molecular complexity index is 554. The predicted octanol–water partition coefficient (Wildman–Crippen LogP) is 2.35. The molecule has 3 rings (SSSR count). The van der Waals surface area contributed by atoms with E-state index >= 15 is 0 Å². The van der Waals surface area contributed by atoms with Crippen LogP contribution < -0.4 is 5.73 Å². The number of pyridine rings is 1. The number of nitrogen functional groups attached to an aromatic ring is 1. The van der Waals surface area contributed by atoms with Gasteiger partial charge in [-0.1, -0.05) is 12.8 Å². The van der Waals surface area contributed by atoms with Crippen LogP contribution in [0.5, 0.6) is 0 Å². The molecule has 2 N–H and O–H groups in total. The monoisotopic (exact) mass is 243 g/mol. The molecular weight excluding hydrogens is 226 g/mol. The highest BCUT2D eigenvalue weighted by atomic mass is 15.3. The van der Waals surface area contributed by atoms with Gasteiger partial charge in [-0.2, -0.15) is 0 Å². The first-order valence-electron chi connectivity index (χ1n) is 6.39. The Morgan fingerprint density at radius 3 is 2.78 bits per heavy atom. The summed E-state index contributed by atoms with van der Waals surface area (Å²) in [6.45, 7) is 2.01. The van der Waals surface area contributed by atoms with Crippen LogP contribution in [-0.4, -0.2) is 19.7 Å². The van der Waals surface area contributed by atoms with E-state index in [4.69, 9.17) is 5.73 Å². The van der Waals surface area contributed by atoms with E-state index in [1.165, 1.54) is 25.7 Å². The molecule has 1 aliphatic carbocycles. The molecule has 0 saturated heterocycles. The Balaban J connectivity index is 2.07. The maximum absolute atomic E-state index is 5.74. The molecule has 0 atom stereocenters. The zero-order valence-corrected chi connectivity index (χ0v) is 10.5. The van der Waals surface area contributed by atoms with Crippen molar-refractivity contribution in [3.05, 3.63) is 24.2 Å². The molecule has 5 heteroatoms. The molecule has 1 aliphatic rings. The van der Waals surface area contributed by atoms with Gasteiger partial charge in [-0.05, 0) is 31.9 Å². The normalized spacial score (nSPS) is 16.3. The molecule has 1 fully saturated rings. The van der Waals surface area contributed by atoms with Gasteiger partial charge in [0.25, 0.3) is 0 Å². The number of nitrogens with two attached hydrogens (primary N) is 1. The highest BCUT2D eigenvalue weighted by Gasteiger charge is 2.22. The number of hydrogen-bond donors (Lipinski definition) is 1. The minimum absolute atomic E-state index is 0.520. The Labute approximate surface area is 106 Å². The summed E-state index contributed by atoms with van der Waals surface area (Å²) in [6.07, 6.45) is 6.73. The van der Waals surface area contributed by atoms with E-state index in [2.05, 4.69) is 19.7 Å². The fourth-order valence-corrected chi connectivity index (χ4v) is 2.75. The van der Waals surface area contributed by atoms with Crippen molar-refractivity contribution in [1.29, 1.82) is 0 Å². The first kappa shape index (κ1) is 11.2. The molecule has 2 aromatic rings. The Morgan fingerprint density at radius 1 is 1.28 bits per heavy atom. The van der Waals surface area contributed by atoms with Crippen molar-refractivity contribution in [3.8, 4) is 11.4 Å². The zero-order valence-electron chi connectivity index (χ0n) is 10.5. The third-order valence-electron chi connectivity index (χ3n) is 3.60. The quantitative estimate of drug-likeness (QED) is 0.879. The maximum atomic E-state index is 5.74. The molecule has 0 bridgehead atoms. The summed E-state index contributed by atoms with van der Waals surface area (Å²) >= 11 is 0. The van der Waals surface area contributed by atoms with Crippen molar-refractivity contribution >= 4 is 5.82 Å². The van der Waals surface area contributed by atoms with Crippen molar-refractivity contribution in [2.75, 3.05) is 5.73 Å². The fraction of sp³-hybridized carbons (Fsp3) is 0.462. The van der Waals surface area contributed by atoms with E-state index in [1.807, 2.05) is 19.1 Å². The summed E-state index contributed by atoms with van der Waals surface area (Å²) in [5, 5.41) is 8.52. The summed E-state index contributed by atoms with van der Waals surface area (Å²) < 4.78 is 2.25. The van der Waals surface area contributed by atoms with Gasteiger partial charge in [0.15, 0.2) is 5.82 Å².